The third-order valence-corrected chi connectivity index (χ3v) is 2.28. The van der Waals surface area contributed by atoms with Crippen molar-refractivity contribution in [2.24, 2.45) is 0 Å². The number of carbonyl (C=O) groups excluding carboxylic acids is 1. The summed E-state index contributed by atoms with van der Waals surface area (Å²) in [6.07, 6.45) is 0. The van der Waals surface area contributed by atoms with E-state index < -0.39 is 11.8 Å². The van der Waals surface area contributed by atoms with Crippen molar-refractivity contribution in [3.05, 3.63) is 29.0 Å². The van der Waals surface area contributed by atoms with Crippen LogP contribution in [0.3, 0.4) is 0 Å². The van der Waals surface area contributed by atoms with Crippen molar-refractivity contribution in [3.8, 4) is 0 Å². The Labute approximate surface area is 97.6 Å². The van der Waals surface area contributed by atoms with Crippen LogP contribution in [0.25, 0.3) is 0 Å². The van der Waals surface area contributed by atoms with E-state index in [2.05, 4.69) is 5.32 Å². The molecule has 0 saturated carbocycles. The zero-order valence-corrected chi connectivity index (χ0v) is 9.46. The van der Waals surface area contributed by atoms with Gasteiger partial charge in [-0.15, -0.1) is 0 Å². The molecule has 1 aromatic carbocycles. The van der Waals surface area contributed by atoms with Crippen LogP contribution in [0.5, 0.6) is 0 Å². The van der Waals surface area contributed by atoms with Crippen molar-refractivity contribution in [2.45, 2.75) is 0 Å². The summed E-state index contributed by atoms with van der Waals surface area (Å²) >= 11 is 5.77. The van der Waals surface area contributed by atoms with Crippen LogP contribution in [0.15, 0.2) is 18.2 Å². The number of anilines is 1. The molecule has 0 aliphatic heterocycles. The van der Waals surface area contributed by atoms with E-state index in [0.717, 1.165) is 6.07 Å². The Morgan fingerprint density at radius 3 is 2.94 bits per heavy atom. The number of nitrogens with zero attached hydrogens (tertiary/aromatic N) is 1. The number of halogens is 2. The van der Waals surface area contributed by atoms with Crippen LogP contribution in [0, 0.1) is 5.82 Å². The lowest BCUT2D eigenvalue weighted by atomic mass is 10.3. The standard InChI is InChI=1S/C10H12ClFN2O2/c1-14(4-5-15)10(16)13-9-6-7(12)2-3-8(9)11/h2-3,6,15H,4-5H2,1H3,(H,13,16). The van der Waals surface area contributed by atoms with Crippen LogP contribution in [-0.4, -0.2) is 36.2 Å². The molecule has 88 valence electrons. The number of nitrogens with one attached hydrogen (secondary N) is 1. The minimum atomic E-state index is -0.482. The zero-order valence-electron chi connectivity index (χ0n) is 8.70. The van der Waals surface area contributed by atoms with E-state index >= 15 is 0 Å². The summed E-state index contributed by atoms with van der Waals surface area (Å²) in [6, 6.07) is 3.24. The summed E-state index contributed by atoms with van der Waals surface area (Å²) in [6.45, 7) is 0.0551. The summed E-state index contributed by atoms with van der Waals surface area (Å²) < 4.78 is 12.9. The van der Waals surface area contributed by atoms with E-state index in [-0.39, 0.29) is 23.9 Å². The van der Waals surface area contributed by atoms with Crippen LogP contribution >= 0.6 is 11.6 Å². The van der Waals surface area contributed by atoms with Gasteiger partial charge >= 0.3 is 6.03 Å². The molecular formula is C10H12ClFN2O2. The average molecular weight is 247 g/mol. The number of benzene rings is 1. The van der Waals surface area contributed by atoms with Gasteiger partial charge in [-0.05, 0) is 18.2 Å². The fraction of sp³-hybridized carbons (Fsp3) is 0.300. The number of hydrogen-bond acceptors (Lipinski definition) is 2. The highest BCUT2D eigenvalue weighted by Crippen LogP contribution is 2.22. The van der Waals surface area contributed by atoms with E-state index in [1.54, 1.807) is 0 Å². The van der Waals surface area contributed by atoms with Gasteiger partial charge in [-0.1, -0.05) is 11.6 Å². The second-order valence-corrected chi connectivity index (χ2v) is 3.61. The molecule has 16 heavy (non-hydrogen) atoms. The first kappa shape index (κ1) is 12.7. The fourth-order valence-electron chi connectivity index (χ4n) is 1.06. The monoisotopic (exact) mass is 246 g/mol. The molecule has 2 amide bonds. The maximum Gasteiger partial charge on any atom is 0.321 e. The van der Waals surface area contributed by atoms with Crippen molar-refractivity contribution in [3.63, 3.8) is 0 Å². The molecule has 0 heterocycles. The second-order valence-electron chi connectivity index (χ2n) is 3.20. The lowest BCUT2D eigenvalue weighted by Gasteiger charge is -2.17. The van der Waals surface area contributed by atoms with Gasteiger partial charge in [0.15, 0.2) is 0 Å². The topological polar surface area (TPSA) is 52.6 Å². The summed E-state index contributed by atoms with van der Waals surface area (Å²) in [5.41, 5.74) is 0.205. The Balaban J connectivity index is 2.72. The Morgan fingerprint density at radius 2 is 2.31 bits per heavy atom. The minimum absolute atomic E-state index is 0.138. The predicted octanol–water partition coefficient (Wildman–Crippen LogP) is 1.94. The molecule has 0 fully saturated rings. The van der Waals surface area contributed by atoms with Crippen molar-refractivity contribution in [1.29, 1.82) is 0 Å². The molecule has 0 bridgehead atoms. The number of amides is 2. The number of urea groups is 1. The molecule has 0 atom stereocenters. The number of likely N-dealkylation sites (N-methyl/N-ethyl adjacent to an activating group) is 1. The van der Waals surface area contributed by atoms with E-state index in [0.29, 0.717) is 0 Å². The average Bonchev–Trinajstić information content (AvgIpc) is 2.23. The molecule has 0 aliphatic carbocycles. The van der Waals surface area contributed by atoms with E-state index in [9.17, 15) is 9.18 Å². The Bertz CT molecular complexity index is 387. The largest absolute Gasteiger partial charge is 0.395 e. The third kappa shape index (κ3) is 3.36. The number of carbonyl (C=O) groups is 1. The molecular weight excluding hydrogens is 235 g/mol. The molecule has 0 saturated heterocycles. The summed E-state index contributed by atoms with van der Waals surface area (Å²) in [5.74, 6) is -0.482. The maximum atomic E-state index is 12.9. The lowest BCUT2D eigenvalue weighted by Crippen LogP contribution is -2.33. The molecule has 1 aromatic rings. The van der Waals surface area contributed by atoms with Crippen LogP contribution in [0.4, 0.5) is 14.9 Å². The molecule has 4 nitrogen and oxygen atoms in total. The first-order chi connectivity index (χ1) is 7.54. The third-order valence-electron chi connectivity index (χ3n) is 1.95. The number of hydrogen-bond donors (Lipinski definition) is 2. The van der Waals surface area contributed by atoms with Gasteiger partial charge in [-0.2, -0.15) is 0 Å². The summed E-state index contributed by atoms with van der Waals surface area (Å²) in [4.78, 5) is 12.8. The van der Waals surface area contributed by atoms with E-state index in [1.165, 1.54) is 24.1 Å². The smallest absolute Gasteiger partial charge is 0.321 e. The van der Waals surface area contributed by atoms with Crippen molar-refractivity contribution < 1.29 is 14.3 Å². The van der Waals surface area contributed by atoms with Crippen LogP contribution in [-0.2, 0) is 0 Å². The first-order valence-corrected chi connectivity index (χ1v) is 5.00. The van der Waals surface area contributed by atoms with Crippen LogP contribution in [0.2, 0.25) is 5.02 Å². The van der Waals surface area contributed by atoms with E-state index in [1.807, 2.05) is 0 Å². The Morgan fingerprint density at radius 1 is 1.62 bits per heavy atom. The zero-order chi connectivity index (χ0) is 12.1. The predicted molar refractivity (Wildman–Crippen MR) is 60.1 cm³/mol. The normalized spacial score (nSPS) is 10.0. The molecule has 0 aromatic heterocycles. The molecule has 2 N–H and O–H groups in total. The van der Waals surface area contributed by atoms with Gasteiger partial charge in [0.25, 0.3) is 0 Å². The van der Waals surface area contributed by atoms with Crippen molar-refractivity contribution >= 4 is 23.3 Å². The molecule has 0 aliphatic rings. The highest BCUT2D eigenvalue weighted by molar-refractivity contribution is 6.33. The van der Waals surface area contributed by atoms with Gasteiger partial charge in [0, 0.05) is 13.6 Å². The highest BCUT2D eigenvalue weighted by Gasteiger charge is 2.10. The molecule has 6 heteroatoms. The van der Waals surface area contributed by atoms with Crippen molar-refractivity contribution in [2.75, 3.05) is 25.5 Å². The fourth-order valence-corrected chi connectivity index (χ4v) is 1.22. The van der Waals surface area contributed by atoms with Gasteiger partial charge in [-0.25, -0.2) is 9.18 Å². The quantitative estimate of drug-likeness (QED) is 0.856. The lowest BCUT2D eigenvalue weighted by molar-refractivity contribution is 0.202. The van der Waals surface area contributed by atoms with Crippen molar-refractivity contribution in [1.82, 2.24) is 4.90 Å². The second kappa shape index (κ2) is 5.67. The SMILES string of the molecule is CN(CCO)C(=O)Nc1cc(F)ccc1Cl. The van der Waals surface area contributed by atoms with Crippen LogP contribution in [0.1, 0.15) is 0 Å². The molecule has 0 spiro atoms. The Hall–Kier alpha value is -1.33. The minimum Gasteiger partial charge on any atom is -0.395 e. The van der Waals surface area contributed by atoms with E-state index in [4.69, 9.17) is 16.7 Å². The summed E-state index contributed by atoms with van der Waals surface area (Å²) in [5, 5.41) is 11.3. The number of rotatable bonds is 3. The van der Waals surface area contributed by atoms with Gasteiger partial charge in [0.2, 0.25) is 0 Å². The molecule has 0 unspecified atom stereocenters. The summed E-state index contributed by atoms with van der Waals surface area (Å²) in [7, 11) is 1.51. The van der Waals surface area contributed by atoms with Gasteiger partial charge in [0.1, 0.15) is 5.82 Å². The Kier molecular flexibility index (Phi) is 4.52. The molecule has 0 radical (unpaired) electrons. The van der Waals surface area contributed by atoms with Gasteiger partial charge in [-0.3, -0.25) is 0 Å². The first-order valence-electron chi connectivity index (χ1n) is 4.62. The highest BCUT2D eigenvalue weighted by atomic mass is 35.5. The number of aliphatic hydroxyl groups is 1. The van der Waals surface area contributed by atoms with Gasteiger partial charge < -0.3 is 15.3 Å². The molecule has 1 rings (SSSR count). The van der Waals surface area contributed by atoms with Gasteiger partial charge in [0.05, 0.1) is 17.3 Å². The number of aliphatic hydroxyl groups excluding tert-OH is 1. The maximum absolute atomic E-state index is 12.9. The van der Waals surface area contributed by atoms with Crippen LogP contribution < -0.4 is 5.32 Å².